The van der Waals surface area contributed by atoms with Crippen LogP contribution in [0.25, 0.3) is 0 Å². The zero-order valence-corrected chi connectivity index (χ0v) is 9.19. The molecule has 1 rings (SSSR count). The maximum Gasteiger partial charge on any atom is 0.308 e. The summed E-state index contributed by atoms with van der Waals surface area (Å²) in [6.45, 7) is 4.12. The third-order valence-electron chi connectivity index (χ3n) is 2.21. The van der Waals surface area contributed by atoms with Gasteiger partial charge in [0.15, 0.2) is 0 Å². The van der Waals surface area contributed by atoms with Gasteiger partial charge in [-0.1, -0.05) is 19.1 Å². The average Bonchev–Trinajstić information content (AvgIpc) is 2.22. The van der Waals surface area contributed by atoms with E-state index in [1.165, 1.54) is 0 Å². The van der Waals surface area contributed by atoms with Gasteiger partial charge in [0.2, 0.25) is 0 Å². The van der Waals surface area contributed by atoms with Gasteiger partial charge in [0, 0.05) is 5.69 Å². The Balaban J connectivity index is 2.54. The molecule has 0 saturated carbocycles. The smallest absolute Gasteiger partial charge is 0.308 e. The van der Waals surface area contributed by atoms with Crippen LogP contribution in [0.5, 0.6) is 0 Å². The number of benzene rings is 1. The summed E-state index contributed by atoms with van der Waals surface area (Å²) in [7, 11) is 0. The van der Waals surface area contributed by atoms with Gasteiger partial charge in [0.25, 0.3) is 0 Å². The highest BCUT2D eigenvalue weighted by atomic mass is 16.5. The van der Waals surface area contributed by atoms with Crippen LogP contribution in [0.2, 0.25) is 0 Å². The second kappa shape index (κ2) is 5.39. The van der Waals surface area contributed by atoms with Crippen LogP contribution in [0.1, 0.15) is 19.4 Å². The molecule has 15 heavy (non-hydrogen) atoms. The molecule has 0 fully saturated rings. The van der Waals surface area contributed by atoms with Gasteiger partial charge in [-0.15, -0.1) is 0 Å². The Morgan fingerprint density at radius 3 is 2.53 bits per heavy atom. The van der Waals surface area contributed by atoms with Gasteiger partial charge >= 0.3 is 5.97 Å². The van der Waals surface area contributed by atoms with Crippen LogP contribution in [0.3, 0.4) is 0 Å². The van der Waals surface area contributed by atoms with E-state index in [2.05, 4.69) is 0 Å². The van der Waals surface area contributed by atoms with Gasteiger partial charge in [-0.2, -0.15) is 0 Å². The monoisotopic (exact) mass is 207 g/mol. The molecule has 0 aromatic heterocycles. The van der Waals surface area contributed by atoms with Crippen LogP contribution in [0, 0.1) is 5.92 Å². The molecule has 3 nitrogen and oxygen atoms in total. The molecule has 1 aromatic rings. The van der Waals surface area contributed by atoms with Gasteiger partial charge in [0.05, 0.1) is 12.5 Å². The quantitative estimate of drug-likeness (QED) is 0.607. The minimum Gasteiger partial charge on any atom is -0.466 e. The van der Waals surface area contributed by atoms with Crippen molar-refractivity contribution in [2.45, 2.75) is 20.3 Å². The second-order valence-electron chi connectivity index (χ2n) is 3.60. The molecule has 0 unspecified atom stereocenters. The number of hydrogen-bond donors (Lipinski definition) is 1. The maximum absolute atomic E-state index is 11.4. The van der Waals surface area contributed by atoms with E-state index in [9.17, 15) is 4.79 Å². The summed E-state index contributed by atoms with van der Waals surface area (Å²) >= 11 is 0. The standard InChI is InChI=1S/C12H17NO2/c1-3-15-12(14)9(2)8-10-4-6-11(13)7-5-10/h4-7,9H,3,8,13H2,1-2H3/t9-/m1/s1. The van der Waals surface area contributed by atoms with Gasteiger partial charge in [-0.3, -0.25) is 4.79 Å². The van der Waals surface area contributed by atoms with E-state index in [4.69, 9.17) is 10.5 Å². The largest absolute Gasteiger partial charge is 0.466 e. The summed E-state index contributed by atoms with van der Waals surface area (Å²) in [5.41, 5.74) is 7.41. The average molecular weight is 207 g/mol. The van der Waals surface area contributed by atoms with Gasteiger partial charge in [-0.25, -0.2) is 0 Å². The first-order valence-corrected chi connectivity index (χ1v) is 5.14. The van der Waals surface area contributed by atoms with Gasteiger partial charge in [0.1, 0.15) is 0 Å². The van der Waals surface area contributed by atoms with Crippen molar-refractivity contribution >= 4 is 11.7 Å². The molecule has 3 heteroatoms. The summed E-state index contributed by atoms with van der Waals surface area (Å²) in [4.78, 5) is 11.4. The number of hydrogen-bond acceptors (Lipinski definition) is 3. The predicted molar refractivity (Wildman–Crippen MR) is 60.4 cm³/mol. The molecule has 0 spiro atoms. The lowest BCUT2D eigenvalue weighted by atomic mass is 10.0. The lowest BCUT2D eigenvalue weighted by Gasteiger charge is -2.10. The SMILES string of the molecule is CCOC(=O)[C@H](C)Cc1ccc(N)cc1. The topological polar surface area (TPSA) is 52.3 Å². The first-order valence-electron chi connectivity index (χ1n) is 5.14. The molecule has 0 aliphatic rings. The Bertz CT molecular complexity index is 319. The van der Waals surface area contributed by atoms with Crippen molar-refractivity contribution in [3.05, 3.63) is 29.8 Å². The zero-order valence-electron chi connectivity index (χ0n) is 9.19. The molecular formula is C12H17NO2. The third-order valence-corrected chi connectivity index (χ3v) is 2.21. The number of rotatable bonds is 4. The molecule has 1 aromatic carbocycles. The molecule has 0 heterocycles. The van der Waals surface area contributed by atoms with E-state index < -0.39 is 0 Å². The summed E-state index contributed by atoms with van der Waals surface area (Å²) in [6, 6.07) is 7.55. The second-order valence-corrected chi connectivity index (χ2v) is 3.60. The van der Waals surface area contributed by atoms with Crippen LogP contribution < -0.4 is 5.73 Å². The van der Waals surface area contributed by atoms with E-state index in [0.29, 0.717) is 13.0 Å². The van der Waals surface area contributed by atoms with Crippen molar-refractivity contribution in [1.29, 1.82) is 0 Å². The summed E-state index contributed by atoms with van der Waals surface area (Å²) < 4.78 is 4.94. The predicted octanol–water partition coefficient (Wildman–Crippen LogP) is 2.01. The lowest BCUT2D eigenvalue weighted by Crippen LogP contribution is -2.16. The third kappa shape index (κ3) is 3.62. The van der Waals surface area contributed by atoms with E-state index in [0.717, 1.165) is 11.3 Å². The van der Waals surface area contributed by atoms with Crippen molar-refractivity contribution in [2.24, 2.45) is 5.92 Å². The summed E-state index contributed by atoms with van der Waals surface area (Å²) in [6.07, 6.45) is 0.694. The number of carbonyl (C=O) groups excluding carboxylic acids is 1. The maximum atomic E-state index is 11.4. The van der Waals surface area contributed by atoms with Crippen molar-refractivity contribution in [2.75, 3.05) is 12.3 Å². The van der Waals surface area contributed by atoms with Gasteiger partial charge < -0.3 is 10.5 Å². The van der Waals surface area contributed by atoms with Crippen LogP contribution in [0.4, 0.5) is 5.69 Å². The molecule has 0 radical (unpaired) electrons. The first-order chi connectivity index (χ1) is 7.13. The molecule has 0 saturated heterocycles. The normalized spacial score (nSPS) is 12.1. The number of esters is 1. The van der Waals surface area contributed by atoms with Crippen molar-refractivity contribution in [3.63, 3.8) is 0 Å². The Kier molecular flexibility index (Phi) is 4.16. The molecule has 1 atom stereocenters. The molecular weight excluding hydrogens is 190 g/mol. The molecule has 82 valence electrons. The fourth-order valence-electron chi connectivity index (χ4n) is 1.38. The molecule has 0 bridgehead atoms. The Hall–Kier alpha value is -1.51. The number of anilines is 1. The van der Waals surface area contributed by atoms with Crippen LogP contribution in [-0.2, 0) is 16.0 Å². The number of nitrogen functional groups attached to an aromatic ring is 1. The molecule has 2 N–H and O–H groups in total. The van der Waals surface area contributed by atoms with Crippen molar-refractivity contribution in [1.82, 2.24) is 0 Å². The van der Waals surface area contributed by atoms with Crippen LogP contribution >= 0.6 is 0 Å². The van der Waals surface area contributed by atoms with Crippen LogP contribution in [-0.4, -0.2) is 12.6 Å². The molecule has 0 aliphatic heterocycles. The van der Waals surface area contributed by atoms with E-state index in [1.54, 1.807) is 0 Å². The zero-order chi connectivity index (χ0) is 11.3. The first kappa shape index (κ1) is 11.6. The molecule has 0 amide bonds. The highest BCUT2D eigenvalue weighted by Crippen LogP contribution is 2.12. The fraction of sp³-hybridized carbons (Fsp3) is 0.417. The van der Waals surface area contributed by atoms with E-state index in [-0.39, 0.29) is 11.9 Å². The fourth-order valence-corrected chi connectivity index (χ4v) is 1.38. The Morgan fingerprint density at radius 1 is 1.40 bits per heavy atom. The minimum absolute atomic E-state index is 0.103. The van der Waals surface area contributed by atoms with E-state index in [1.807, 2.05) is 38.1 Å². The van der Waals surface area contributed by atoms with Crippen molar-refractivity contribution in [3.8, 4) is 0 Å². The minimum atomic E-state index is -0.144. The highest BCUT2D eigenvalue weighted by molar-refractivity contribution is 5.72. The number of ether oxygens (including phenoxy) is 1. The van der Waals surface area contributed by atoms with Crippen LogP contribution in [0.15, 0.2) is 24.3 Å². The van der Waals surface area contributed by atoms with Crippen molar-refractivity contribution < 1.29 is 9.53 Å². The molecule has 0 aliphatic carbocycles. The number of carbonyl (C=O) groups is 1. The Labute approximate surface area is 90.2 Å². The summed E-state index contributed by atoms with van der Waals surface area (Å²) in [5, 5.41) is 0. The van der Waals surface area contributed by atoms with E-state index >= 15 is 0 Å². The summed E-state index contributed by atoms with van der Waals surface area (Å²) in [5.74, 6) is -0.247. The van der Waals surface area contributed by atoms with Gasteiger partial charge in [-0.05, 0) is 31.0 Å². The highest BCUT2D eigenvalue weighted by Gasteiger charge is 2.13. The number of nitrogens with two attached hydrogens (primary N) is 1. The lowest BCUT2D eigenvalue weighted by molar-refractivity contribution is -0.147. The Morgan fingerprint density at radius 2 is 2.00 bits per heavy atom.